The van der Waals surface area contributed by atoms with E-state index >= 15 is 0 Å². The SMILES string of the molecule is Cc1cc(C(C)(C)c2ccc(O)c(C(C)(C)c3cc(C)c(O)c(C)c3C)c2)c(C)c(C)c1O. The molecule has 3 N–H and O–H groups in total. The maximum atomic E-state index is 10.9. The van der Waals surface area contributed by atoms with E-state index in [4.69, 9.17) is 0 Å². The summed E-state index contributed by atoms with van der Waals surface area (Å²) >= 11 is 0. The Balaban J connectivity index is 2.23. The van der Waals surface area contributed by atoms with E-state index < -0.39 is 5.41 Å². The number of hydrogen-bond donors (Lipinski definition) is 3. The fourth-order valence-corrected chi connectivity index (χ4v) is 5.16. The van der Waals surface area contributed by atoms with E-state index in [1.165, 1.54) is 0 Å². The second kappa shape index (κ2) is 8.13. The van der Waals surface area contributed by atoms with Crippen molar-refractivity contribution >= 4 is 0 Å². The Morgan fingerprint density at radius 1 is 0.515 bits per heavy atom. The summed E-state index contributed by atoms with van der Waals surface area (Å²) in [4.78, 5) is 0. The molecule has 3 nitrogen and oxygen atoms in total. The van der Waals surface area contributed by atoms with Crippen molar-refractivity contribution in [1.29, 1.82) is 0 Å². The summed E-state index contributed by atoms with van der Waals surface area (Å²) in [6.07, 6.45) is 0. The van der Waals surface area contributed by atoms with Crippen molar-refractivity contribution in [3.63, 3.8) is 0 Å². The van der Waals surface area contributed by atoms with Crippen LogP contribution >= 0.6 is 0 Å². The first-order chi connectivity index (χ1) is 15.1. The number of aromatic hydroxyl groups is 3. The summed E-state index contributed by atoms with van der Waals surface area (Å²) in [6.45, 7) is 20.5. The zero-order valence-corrected chi connectivity index (χ0v) is 21.7. The molecule has 0 aliphatic heterocycles. The van der Waals surface area contributed by atoms with Crippen LogP contribution in [0.5, 0.6) is 17.2 Å². The number of aryl methyl sites for hydroxylation is 2. The lowest BCUT2D eigenvalue weighted by Crippen LogP contribution is -2.25. The second-order valence-corrected chi connectivity index (χ2v) is 10.7. The first-order valence-electron chi connectivity index (χ1n) is 11.6. The number of benzene rings is 3. The van der Waals surface area contributed by atoms with Crippen LogP contribution in [0, 0.1) is 41.5 Å². The van der Waals surface area contributed by atoms with Gasteiger partial charge in [0.2, 0.25) is 0 Å². The lowest BCUT2D eigenvalue weighted by molar-refractivity contribution is 0.449. The van der Waals surface area contributed by atoms with Gasteiger partial charge in [-0.3, -0.25) is 0 Å². The Labute approximate surface area is 198 Å². The van der Waals surface area contributed by atoms with Crippen LogP contribution in [0.25, 0.3) is 0 Å². The molecule has 0 fully saturated rings. The molecule has 33 heavy (non-hydrogen) atoms. The maximum absolute atomic E-state index is 10.9. The number of phenols is 3. The molecule has 3 heteroatoms. The molecule has 0 atom stereocenters. The topological polar surface area (TPSA) is 60.7 Å². The summed E-state index contributed by atoms with van der Waals surface area (Å²) in [5, 5.41) is 31.8. The van der Waals surface area contributed by atoms with E-state index in [9.17, 15) is 15.3 Å². The standard InChI is InChI=1S/C30H38O3/c1-16-13-23(18(3)20(5)27(16)32)29(7,8)22-11-12-26(31)25(15-22)30(9,10)24-14-17(2)28(33)21(6)19(24)4/h11-15,31-33H,1-10H3. The monoisotopic (exact) mass is 446 g/mol. The molecule has 0 saturated carbocycles. The van der Waals surface area contributed by atoms with Gasteiger partial charge in [-0.25, -0.2) is 0 Å². The van der Waals surface area contributed by atoms with Gasteiger partial charge in [-0.2, -0.15) is 0 Å². The summed E-state index contributed by atoms with van der Waals surface area (Å²) < 4.78 is 0. The molecular formula is C30H38O3. The molecule has 0 aliphatic rings. The van der Waals surface area contributed by atoms with Crippen LogP contribution in [-0.4, -0.2) is 15.3 Å². The van der Waals surface area contributed by atoms with E-state index in [1.54, 1.807) is 6.07 Å². The molecule has 3 aromatic carbocycles. The second-order valence-electron chi connectivity index (χ2n) is 10.7. The van der Waals surface area contributed by atoms with Gasteiger partial charge in [0.25, 0.3) is 0 Å². The van der Waals surface area contributed by atoms with Crippen LogP contribution in [0.4, 0.5) is 0 Å². The van der Waals surface area contributed by atoms with Gasteiger partial charge in [0.15, 0.2) is 0 Å². The quantitative estimate of drug-likeness (QED) is 0.394. The third kappa shape index (κ3) is 3.88. The Bertz CT molecular complexity index is 1250. The molecule has 0 aliphatic carbocycles. The normalized spacial score (nSPS) is 12.3. The highest BCUT2D eigenvalue weighted by Crippen LogP contribution is 2.45. The highest BCUT2D eigenvalue weighted by Gasteiger charge is 2.33. The minimum atomic E-state index is -0.473. The summed E-state index contributed by atoms with van der Waals surface area (Å²) in [5.41, 5.74) is 9.00. The Kier molecular flexibility index (Phi) is 6.08. The average Bonchev–Trinajstić information content (AvgIpc) is 2.75. The largest absolute Gasteiger partial charge is 0.508 e. The molecule has 176 valence electrons. The average molecular weight is 447 g/mol. The molecule has 0 saturated heterocycles. The number of phenolic OH excluding ortho intramolecular Hbond substituents is 3. The zero-order valence-electron chi connectivity index (χ0n) is 21.7. The van der Waals surface area contributed by atoms with E-state index in [-0.39, 0.29) is 11.2 Å². The summed E-state index contributed by atoms with van der Waals surface area (Å²) in [5.74, 6) is 0.949. The molecule has 0 unspecified atom stereocenters. The number of hydrogen-bond acceptors (Lipinski definition) is 3. The van der Waals surface area contributed by atoms with Crippen molar-refractivity contribution in [2.45, 2.75) is 80.1 Å². The van der Waals surface area contributed by atoms with E-state index in [0.29, 0.717) is 11.5 Å². The fourth-order valence-electron chi connectivity index (χ4n) is 5.16. The first kappa shape index (κ1) is 24.7. The van der Waals surface area contributed by atoms with Crippen molar-refractivity contribution in [2.75, 3.05) is 0 Å². The molecule has 0 heterocycles. The van der Waals surface area contributed by atoms with Crippen LogP contribution in [0.3, 0.4) is 0 Å². The Morgan fingerprint density at radius 3 is 1.39 bits per heavy atom. The Morgan fingerprint density at radius 2 is 0.939 bits per heavy atom. The minimum absolute atomic E-state index is 0.261. The van der Waals surface area contributed by atoms with Gasteiger partial charge in [0, 0.05) is 16.4 Å². The van der Waals surface area contributed by atoms with Gasteiger partial charge >= 0.3 is 0 Å². The number of rotatable bonds is 4. The Hall–Kier alpha value is -2.94. The predicted molar refractivity (Wildman–Crippen MR) is 137 cm³/mol. The van der Waals surface area contributed by atoms with E-state index in [0.717, 1.165) is 55.6 Å². The molecule has 3 rings (SSSR count). The maximum Gasteiger partial charge on any atom is 0.121 e. The van der Waals surface area contributed by atoms with Crippen LogP contribution in [0.2, 0.25) is 0 Å². The van der Waals surface area contributed by atoms with Gasteiger partial charge in [-0.1, -0.05) is 52.0 Å². The van der Waals surface area contributed by atoms with Crippen molar-refractivity contribution in [3.05, 3.63) is 86.0 Å². The third-order valence-corrected chi connectivity index (χ3v) is 7.85. The van der Waals surface area contributed by atoms with E-state index in [1.807, 2.05) is 46.8 Å². The third-order valence-electron chi connectivity index (χ3n) is 7.85. The van der Waals surface area contributed by atoms with Crippen molar-refractivity contribution < 1.29 is 15.3 Å². The van der Waals surface area contributed by atoms with E-state index in [2.05, 4.69) is 46.8 Å². The van der Waals surface area contributed by atoms with Crippen LogP contribution < -0.4 is 0 Å². The van der Waals surface area contributed by atoms with Crippen LogP contribution in [0.1, 0.15) is 83.3 Å². The molecule has 0 bridgehead atoms. The van der Waals surface area contributed by atoms with Crippen molar-refractivity contribution in [1.82, 2.24) is 0 Å². The summed E-state index contributed by atoms with van der Waals surface area (Å²) in [6, 6.07) is 10.0. The highest BCUT2D eigenvalue weighted by molar-refractivity contribution is 5.58. The lowest BCUT2D eigenvalue weighted by atomic mass is 9.70. The smallest absolute Gasteiger partial charge is 0.121 e. The zero-order chi connectivity index (χ0) is 25.0. The van der Waals surface area contributed by atoms with Gasteiger partial charge in [-0.05, 0) is 97.7 Å². The van der Waals surface area contributed by atoms with Crippen molar-refractivity contribution in [2.24, 2.45) is 0 Å². The lowest BCUT2D eigenvalue weighted by Gasteiger charge is -2.34. The minimum Gasteiger partial charge on any atom is -0.508 e. The molecular weight excluding hydrogens is 408 g/mol. The summed E-state index contributed by atoms with van der Waals surface area (Å²) in [7, 11) is 0. The van der Waals surface area contributed by atoms with Gasteiger partial charge in [-0.15, -0.1) is 0 Å². The molecule has 0 spiro atoms. The fraction of sp³-hybridized carbons (Fsp3) is 0.400. The molecule has 0 radical (unpaired) electrons. The highest BCUT2D eigenvalue weighted by atomic mass is 16.3. The predicted octanol–water partition coefficient (Wildman–Crippen LogP) is 7.31. The molecule has 0 amide bonds. The molecule has 3 aromatic rings. The molecule has 0 aromatic heterocycles. The van der Waals surface area contributed by atoms with Crippen LogP contribution in [-0.2, 0) is 10.8 Å². The van der Waals surface area contributed by atoms with Gasteiger partial charge in [0.05, 0.1) is 0 Å². The first-order valence-corrected chi connectivity index (χ1v) is 11.6. The van der Waals surface area contributed by atoms with Gasteiger partial charge in [0.1, 0.15) is 17.2 Å². The van der Waals surface area contributed by atoms with Crippen molar-refractivity contribution in [3.8, 4) is 17.2 Å². The van der Waals surface area contributed by atoms with Crippen LogP contribution in [0.15, 0.2) is 30.3 Å². The van der Waals surface area contributed by atoms with Gasteiger partial charge < -0.3 is 15.3 Å².